The molecule has 0 saturated heterocycles. The molecule has 0 heterocycles. The SMILES string of the molecule is C\C=C/C=C\C(=C/C)C(C)C. The summed E-state index contributed by atoms with van der Waals surface area (Å²) < 4.78 is 0. The van der Waals surface area contributed by atoms with Crippen molar-refractivity contribution in [2.24, 2.45) is 5.92 Å². The maximum Gasteiger partial charge on any atom is -0.0222 e. The molecule has 0 spiro atoms. The van der Waals surface area contributed by atoms with Crippen LogP contribution in [0.3, 0.4) is 0 Å². The van der Waals surface area contributed by atoms with Gasteiger partial charge in [0.2, 0.25) is 0 Å². The zero-order valence-electron chi connectivity index (χ0n) is 7.96. The monoisotopic (exact) mass is 150 g/mol. The van der Waals surface area contributed by atoms with Crippen LogP contribution in [0.2, 0.25) is 0 Å². The lowest BCUT2D eigenvalue weighted by Gasteiger charge is -2.03. The summed E-state index contributed by atoms with van der Waals surface area (Å²) in [5.41, 5.74) is 1.39. The average molecular weight is 150 g/mol. The molecule has 11 heavy (non-hydrogen) atoms. The average Bonchev–Trinajstić information content (AvgIpc) is 1.97. The van der Waals surface area contributed by atoms with Crippen LogP contribution in [0.15, 0.2) is 36.0 Å². The van der Waals surface area contributed by atoms with E-state index in [4.69, 9.17) is 0 Å². The van der Waals surface area contributed by atoms with Gasteiger partial charge in [-0.2, -0.15) is 0 Å². The maximum absolute atomic E-state index is 2.20. The summed E-state index contributed by atoms with van der Waals surface area (Å²) in [4.78, 5) is 0. The van der Waals surface area contributed by atoms with Gasteiger partial charge in [-0.25, -0.2) is 0 Å². The molecule has 0 N–H and O–H groups in total. The third-order valence-electron chi connectivity index (χ3n) is 1.59. The van der Waals surface area contributed by atoms with E-state index in [1.54, 1.807) is 0 Å². The molecule has 62 valence electrons. The number of hydrogen-bond donors (Lipinski definition) is 0. The first kappa shape index (κ1) is 10.2. The topological polar surface area (TPSA) is 0 Å². The first-order chi connectivity index (χ1) is 5.22. The summed E-state index contributed by atoms with van der Waals surface area (Å²) >= 11 is 0. The Kier molecular flexibility index (Phi) is 5.54. The third-order valence-corrected chi connectivity index (χ3v) is 1.59. The van der Waals surface area contributed by atoms with Gasteiger partial charge in [0, 0.05) is 0 Å². The quantitative estimate of drug-likeness (QED) is 0.538. The van der Waals surface area contributed by atoms with Crippen LogP contribution in [0.1, 0.15) is 27.7 Å². The van der Waals surface area contributed by atoms with E-state index in [9.17, 15) is 0 Å². The van der Waals surface area contributed by atoms with Crippen molar-refractivity contribution in [1.29, 1.82) is 0 Å². The van der Waals surface area contributed by atoms with Crippen LogP contribution >= 0.6 is 0 Å². The predicted molar refractivity (Wildman–Crippen MR) is 52.5 cm³/mol. The molecule has 0 unspecified atom stereocenters. The molecule has 0 amide bonds. The van der Waals surface area contributed by atoms with Crippen molar-refractivity contribution in [3.63, 3.8) is 0 Å². The molecule has 0 heteroatoms. The van der Waals surface area contributed by atoms with Gasteiger partial charge in [-0.05, 0) is 25.3 Å². The number of allylic oxidation sites excluding steroid dienone is 6. The molecule has 0 aliphatic heterocycles. The Balaban J connectivity index is 4.10. The van der Waals surface area contributed by atoms with E-state index in [0.717, 1.165) is 0 Å². The van der Waals surface area contributed by atoms with Crippen LogP contribution in [-0.4, -0.2) is 0 Å². The first-order valence-electron chi connectivity index (χ1n) is 4.18. The van der Waals surface area contributed by atoms with Gasteiger partial charge in [0.1, 0.15) is 0 Å². The van der Waals surface area contributed by atoms with Crippen molar-refractivity contribution < 1.29 is 0 Å². The second kappa shape index (κ2) is 5.96. The van der Waals surface area contributed by atoms with E-state index in [2.05, 4.69) is 39.0 Å². The molecule has 0 atom stereocenters. The Bertz CT molecular complexity index is 168. The number of rotatable bonds is 3. The van der Waals surface area contributed by atoms with Crippen molar-refractivity contribution in [3.05, 3.63) is 36.0 Å². The fourth-order valence-electron chi connectivity index (χ4n) is 0.900. The van der Waals surface area contributed by atoms with Crippen LogP contribution in [0.5, 0.6) is 0 Å². The maximum atomic E-state index is 2.20. The molecule has 0 rings (SSSR count). The second-order valence-corrected chi connectivity index (χ2v) is 2.83. The molecular weight excluding hydrogens is 132 g/mol. The van der Waals surface area contributed by atoms with Crippen LogP contribution in [0.25, 0.3) is 0 Å². The lowest BCUT2D eigenvalue weighted by molar-refractivity contribution is 0.789. The second-order valence-electron chi connectivity index (χ2n) is 2.83. The third kappa shape index (κ3) is 4.60. The molecule has 0 fully saturated rings. The predicted octanol–water partition coefficient (Wildman–Crippen LogP) is 3.72. The van der Waals surface area contributed by atoms with E-state index in [1.807, 2.05) is 19.1 Å². The molecular formula is C11H18. The van der Waals surface area contributed by atoms with E-state index < -0.39 is 0 Å². The molecule has 0 aliphatic rings. The van der Waals surface area contributed by atoms with Crippen LogP contribution in [0, 0.1) is 5.92 Å². The fourth-order valence-corrected chi connectivity index (χ4v) is 0.900. The molecule has 0 aromatic carbocycles. The van der Waals surface area contributed by atoms with E-state index in [1.165, 1.54) is 5.57 Å². The summed E-state index contributed by atoms with van der Waals surface area (Å²) in [7, 11) is 0. The standard InChI is InChI=1S/C11H18/c1-5-7-8-9-11(6-2)10(3)4/h5-10H,1-4H3/b7-5-,9-8-,11-6+. The van der Waals surface area contributed by atoms with Gasteiger partial charge in [0.15, 0.2) is 0 Å². The summed E-state index contributed by atoms with van der Waals surface area (Å²) in [6.07, 6.45) is 10.5. The highest BCUT2D eigenvalue weighted by atomic mass is 14.0. The van der Waals surface area contributed by atoms with Crippen molar-refractivity contribution in [1.82, 2.24) is 0 Å². The molecule has 0 aromatic rings. The fraction of sp³-hybridized carbons (Fsp3) is 0.455. The van der Waals surface area contributed by atoms with Crippen molar-refractivity contribution in [3.8, 4) is 0 Å². The summed E-state index contributed by atoms with van der Waals surface area (Å²) in [6, 6.07) is 0. The van der Waals surface area contributed by atoms with Gasteiger partial charge in [-0.1, -0.05) is 44.2 Å². The first-order valence-corrected chi connectivity index (χ1v) is 4.18. The van der Waals surface area contributed by atoms with E-state index >= 15 is 0 Å². The highest BCUT2D eigenvalue weighted by Crippen LogP contribution is 2.10. The molecule has 0 radical (unpaired) electrons. The lowest BCUT2D eigenvalue weighted by atomic mass is 10.0. The summed E-state index contributed by atoms with van der Waals surface area (Å²) in [5, 5.41) is 0. The van der Waals surface area contributed by atoms with Gasteiger partial charge in [-0.15, -0.1) is 0 Å². The van der Waals surface area contributed by atoms with Crippen LogP contribution < -0.4 is 0 Å². The Morgan fingerprint density at radius 3 is 2.09 bits per heavy atom. The van der Waals surface area contributed by atoms with Gasteiger partial charge in [0.05, 0.1) is 0 Å². The highest BCUT2D eigenvalue weighted by Gasteiger charge is 1.94. The van der Waals surface area contributed by atoms with Crippen molar-refractivity contribution in [2.45, 2.75) is 27.7 Å². The molecule has 0 saturated carbocycles. The van der Waals surface area contributed by atoms with E-state index in [0.29, 0.717) is 5.92 Å². The van der Waals surface area contributed by atoms with E-state index in [-0.39, 0.29) is 0 Å². The Labute approximate surface area is 70.3 Å². The lowest BCUT2D eigenvalue weighted by Crippen LogP contribution is -1.88. The van der Waals surface area contributed by atoms with Crippen molar-refractivity contribution >= 4 is 0 Å². The molecule has 0 nitrogen and oxygen atoms in total. The zero-order chi connectivity index (χ0) is 8.69. The summed E-state index contributed by atoms with van der Waals surface area (Å²) in [5.74, 6) is 0.626. The normalized spacial score (nSPS) is 14.1. The summed E-state index contributed by atoms with van der Waals surface area (Å²) in [6.45, 7) is 8.51. The largest absolute Gasteiger partial charge is 0.0877 e. The smallest absolute Gasteiger partial charge is 0.0222 e. The molecule has 0 aromatic heterocycles. The minimum Gasteiger partial charge on any atom is -0.0877 e. The minimum absolute atomic E-state index is 0.626. The number of hydrogen-bond acceptors (Lipinski definition) is 0. The highest BCUT2D eigenvalue weighted by molar-refractivity contribution is 5.22. The Morgan fingerprint density at radius 2 is 1.73 bits per heavy atom. The molecule has 0 bridgehead atoms. The Morgan fingerprint density at radius 1 is 1.09 bits per heavy atom. The van der Waals surface area contributed by atoms with Crippen LogP contribution in [-0.2, 0) is 0 Å². The van der Waals surface area contributed by atoms with Gasteiger partial charge < -0.3 is 0 Å². The zero-order valence-corrected chi connectivity index (χ0v) is 7.96. The van der Waals surface area contributed by atoms with Crippen molar-refractivity contribution in [2.75, 3.05) is 0 Å². The van der Waals surface area contributed by atoms with Gasteiger partial charge in [-0.3, -0.25) is 0 Å². The van der Waals surface area contributed by atoms with Gasteiger partial charge >= 0.3 is 0 Å². The Hall–Kier alpha value is -0.780. The molecule has 0 aliphatic carbocycles. The minimum atomic E-state index is 0.626. The van der Waals surface area contributed by atoms with Crippen LogP contribution in [0.4, 0.5) is 0 Å². The van der Waals surface area contributed by atoms with Gasteiger partial charge in [0.25, 0.3) is 0 Å².